The number of carbonyl (C=O) groups excluding carboxylic acids is 1. The molecule has 26 heavy (non-hydrogen) atoms. The minimum atomic E-state index is -0.110. The number of aryl methyl sites for hydroxylation is 1. The molecule has 2 heterocycles. The van der Waals surface area contributed by atoms with Gasteiger partial charge < -0.3 is 19.5 Å². The van der Waals surface area contributed by atoms with Crippen LogP contribution in [0.4, 0.5) is 10.5 Å². The molecule has 2 unspecified atom stereocenters. The minimum Gasteiger partial charge on any atom is -0.491 e. The van der Waals surface area contributed by atoms with Gasteiger partial charge in [0.05, 0.1) is 12.0 Å². The zero-order chi connectivity index (χ0) is 18.5. The average molecular weight is 358 g/mol. The number of amides is 2. The van der Waals surface area contributed by atoms with Crippen LogP contribution in [-0.2, 0) is 0 Å². The molecule has 0 radical (unpaired) electrons. The Labute approximate surface area is 153 Å². The molecular formula is C19H26N4O3. The van der Waals surface area contributed by atoms with E-state index >= 15 is 0 Å². The van der Waals surface area contributed by atoms with Crippen LogP contribution in [0.25, 0.3) is 0 Å². The molecule has 1 fully saturated rings. The van der Waals surface area contributed by atoms with Gasteiger partial charge in [0.2, 0.25) is 5.89 Å². The average Bonchev–Trinajstić information content (AvgIpc) is 3.10. The molecule has 3 rings (SSSR count). The number of benzene rings is 1. The first kappa shape index (κ1) is 18.2. The first-order valence-corrected chi connectivity index (χ1v) is 9.18. The van der Waals surface area contributed by atoms with Gasteiger partial charge in [-0.2, -0.15) is 4.98 Å². The second kappa shape index (κ2) is 8.21. The van der Waals surface area contributed by atoms with E-state index in [0.29, 0.717) is 18.3 Å². The number of ether oxygens (including phenoxy) is 1. The SMILES string of the molecule is CCC(C)Oc1ccc(NC(=O)N2CCCC(c3nc(C)no3)C2)cc1. The molecule has 1 aromatic carbocycles. The topological polar surface area (TPSA) is 80.5 Å². The standard InChI is InChI=1S/C19H26N4O3/c1-4-13(2)25-17-9-7-16(8-10-17)21-19(24)23-11-5-6-15(12-23)18-20-14(3)22-26-18/h7-10,13,15H,4-6,11-12H2,1-3H3,(H,21,24). The van der Waals surface area contributed by atoms with Crippen molar-refractivity contribution in [1.82, 2.24) is 15.0 Å². The normalized spacial score (nSPS) is 18.4. The van der Waals surface area contributed by atoms with E-state index in [0.717, 1.165) is 37.2 Å². The lowest BCUT2D eigenvalue weighted by atomic mass is 9.98. The van der Waals surface area contributed by atoms with Crippen LogP contribution in [-0.4, -0.2) is 40.3 Å². The molecule has 0 bridgehead atoms. The summed E-state index contributed by atoms with van der Waals surface area (Å²) in [5, 5.41) is 6.80. The molecule has 1 aromatic heterocycles. The predicted octanol–water partition coefficient (Wildman–Crippen LogP) is 3.97. The van der Waals surface area contributed by atoms with Crippen molar-refractivity contribution in [3.8, 4) is 5.75 Å². The van der Waals surface area contributed by atoms with Crippen molar-refractivity contribution in [2.45, 2.75) is 52.1 Å². The largest absolute Gasteiger partial charge is 0.491 e. The van der Waals surface area contributed by atoms with Crippen LogP contribution in [0.2, 0.25) is 0 Å². The number of aromatic nitrogens is 2. The number of nitrogens with one attached hydrogen (secondary N) is 1. The summed E-state index contributed by atoms with van der Waals surface area (Å²) in [5.41, 5.74) is 0.752. The number of carbonyl (C=O) groups is 1. The van der Waals surface area contributed by atoms with Crippen LogP contribution in [0.15, 0.2) is 28.8 Å². The monoisotopic (exact) mass is 358 g/mol. The number of rotatable bonds is 5. The maximum Gasteiger partial charge on any atom is 0.321 e. The van der Waals surface area contributed by atoms with E-state index in [9.17, 15) is 4.79 Å². The molecule has 7 nitrogen and oxygen atoms in total. The van der Waals surface area contributed by atoms with E-state index in [-0.39, 0.29) is 18.1 Å². The molecule has 0 spiro atoms. The molecule has 2 aromatic rings. The van der Waals surface area contributed by atoms with Gasteiger partial charge in [0.15, 0.2) is 5.82 Å². The Bertz CT molecular complexity index is 729. The highest BCUT2D eigenvalue weighted by atomic mass is 16.5. The Balaban J connectivity index is 1.57. The lowest BCUT2D eigenvalue weighted by molar-refractivity contribution is 0.184. The van der Waals surface area contributed by atoms with Crippen molar-refractivity contribution >= 4 is 11.7 Å². The van der Waals surface area contributed by atoms with E-state index < -0.39 is 0 Å². The third kappa shape index (κ3) is 4.53. The number of likely N-dealkylation sites (tertiary alicyclic amines) is 1. The zero-order valence-corrected chi connectivity index (χ0v) is 15.6. The first-order chi connectivity index (χ1) is 12.5. The lowest BCUT2D eigenvalue weighted by Crippen LogP contribution is -2.41. The third-order valence-electron chi connectivity index (χ3n) is 4.62. The van der Waals surface area contributed by atoms with Gasteiger partial charge in [0, 0.05) is 18.8 Å². The summed E-state index contributed by atoms with van der Waals surface area (Å²) in [7, 11) is 0. The third-order valence-corrected chi connectivity index (χ3v) is 4.62. The number of urea groups is 1. The number of anilines is 1. The maximum absolute atomic E-state index is 12.6. The van der Waals surface area contributed by atoms with E-state index in [1.54, 1.807) is 11.8 Å². The highest BCUT2D eigenvalue weighted by molar-refractivity contribution is 5.89. The van der Waals surface area contributed by atoms with Crippen molar-refractivity contribution in [1.29, 1.82) is 0 Å². The minimum absolute atomic E-state index is 0.0991. The van der Waals surface area contributed by atoms with E-state index in [1.165, 1.54) is 0 Å². The van der Waals surface area contributed by atoms with Crippen molar-refractivity contribution < 1.29 is 14.1 Å². The summed E-state index contributed by atoms with van der Waals surface area (Å²) < 4.78 is 11.0. The smallest absolute Gasteiger partial charge is 0.321 e. The number of piperidine rings is 1. The second-order valence-electron chi connectivity index (χ2n) is 6.76. The summed E-state index contributed by atoms with van der Waals surface area (Å²) in [6.07, 6.45) is 3.00. The highest BCUT2D eigenvalue weighted by Crippen LogP contribution is 2.26. The Kier molecular flexibility index (Phi) is 5.75. The van der Waals surface area contributed by atoms with Crippen molar-refractivity contribution in [2.75, 3.05) is 18.4 Å². The number of hydrogen-bond acceptors (Lipinski definition) is 5. The molecule has 0 aliphatic carbocycles. The molecule has 1 aliphatic heterocycles. The molecular weight excluding hydrogens is 332 g/mol. The molecule has 0 saturated carbocycles. The Morgan fingerprint density at radius 2 is 2.19 bits per heavy atom. The van der Waals surface area contributed by atoms with Gasteiger partial charge >= 0.3 is 6.03 Å². The highest BCUT2D eigenvalue weighted by Gasteiger charge is 2.28. The van der Waals surface area contributed by atoms with Crippen LogP contribution >= 0.6 is 0 Å². The molecule has 1 saturated heterocycles. The van der Waals surface area contributed by atoms with Gasteiger partial charge in [0.1, 0.15) is 5.75 Å². The van der Waals surface area contributed by atoms with Crippen LogP contribution in [0, 0.1) is 6.92 Å². The zero-order valence-electron chi connectivity index (χ0n) is 15.6. The van der Waals surface area contributed by atoms with E-state index in [1.807, 2.05) is 31.2 Å². The summed E-state index contributed by atoms with van der Waals surface area (Å²) in [5.74, 6) is 2.15. The van der Waals surface area contributed by atoms with Crippen molar-refractivity contribution in [3.63, 3.8) is 0 Å². The fourth-order valence-corrected chi connectivity index (χ4v) is 2.98. The molecule has 2 amide bonds. The van der Waals surface area contributed by atoms with Crippen LogP contribution in [0.5, 0.6) is 5.75 Å². The van der Waals surface area contributed by atoms with Gasteiger partial charge in [-0.1, -0.05) is 12.1 Å². The summed E-state index contributed by atoms with van der Waals surface area (Å²) in [6, 6.07) is 7.36. The maximum atomic E-state index is 12.6. The van der Waals surface area contributed by atoms with Crippen LogP contribution < -0.4 is 10.1 Å². The fourth-order valence-electron chi connectivity index (χ4n) is 2.98. The van der Waals surface area contributed by atoms with Crippen LogP contribution in [0.1, 0.15) is 50.7 Å². The second-order valence-corrected chi connectivity index (χ2v) is 6.76. The number of hydrogen-bond donors (Lipinski definition) is 1. The Hall–Kier alpha value is -2.57. The van der Waals surface area contributed by atoms with E-state index in [2.05, 4.69) is 22.4 Å². The lowest BCUT2D eigenvalue weighted by Gasteiger charge is -2.31. The number of nitrogens with zero attached hydrogens (tertiary/aromatic N) is 3. The fraction of sp³-hybridized carbons (Fsp3) is 0.526. The molecule has 1 N–H and O–H groups in total. The molecule has 7 heteroatoms. The van der Waals surface area contributed by atoms with Crippen molar-refractivity contribution in [3.05, 3.63) is 36.0 Å². The van der Waals surface area contributed by atoms with E-state index in [4.69, 9.17) is 9.26 Å². The van der Waals surface area contributed by atoms with Crippen molar-refractivity contribution in [2.24, 2.45) is 0 Å². The Morgan fingerprint density at radius 3 is 2.85 bits per heavy atom. The summed E-state index contributed by atoms with van der Waals surface area (Å²) in [4.78, 5) is 18.7. The summed E-state index contributed by atoms with van der Waals surface area (Å²) in [6.45, 7) is 7.23. The summed E-state index contributed by atoms with van der Waals surface area (Å²) >= 11 is 0. The van der Waals surface area contributed by atoms with Gasteiger partial charge in [-0.25, -0.2) is 4.79 Å². The predicted molar refractivity (Wildman–Crippen MR) is 98.4 cm³/mol. The van der Waals surface area contributed by atoms with Gasteiger partial charge in [-0.3, -0.25) is 0 Å². The van der Waals surface area contributed by atoms with Gasteiger partial charge in [-0.05, 0) is 57.4 Å². The molecule has 1 aliphatic rings. The Morgan fingerprint density at radius 1 is 1.42 bits per heavy atom. The molecule has 140 valence electrons. The quantitative estimate of drug-likeness (QED) is 0.875. The van der Waals surface area contributed by atoms with Gasteiger partial charge in [-0.15, -0.1) is 0 Å². The first-order valence-electron chi connectivity index (χ1n) is 9.18. The van der Waals surface area contributed by atoms with Crippen LogP contribution in [0.3, 0.4) is 0 Å². The molecule has 2 atom stereocenters. The van der Waals surface area contributed by atoms with Gasteiger partial charge in [0.25, 0.3) is 0 Å².